The Morgan fingerprint density at radius 3 is 2.67 bits per heavy atom. The van der Waals surface area contributed by atoms with Crippen LogP contribution in [-0.2, 0) is 16.1 Å². The van der Waals surface area contributed by atoms with E-state index in [0.717, 1.165) is 25.9 Å². The Morgan fingerprint density at radius 2 is 2.00 bits per heavy atom. The first kappa shape index (κ1) is 16.7. The Hall–Kier alpha value is -2.15. The third kappa shape index (κ3) is 3.36. The van der Waals surface area contributed by atoms with E-state index in [1.165, 1.54) is 16.3 Å². The summed E-state index contributed by atoms with van der Waals surface area (Å²) in [6, 6.07) is 0. The number of aryl methyl sites for hydroxylation is 1. The fraction of sp³-hybridized carbons (Fsp3) is 0.588. The normalized spacial score (nSPS) is 20.1. The Morgan fingerprint density at radius 1 is 1.29 bits per heavy atom. The predicted molar refractivity (Wildman–Crippen MR) is 88.9 cm³/mol. The van der Waals surface area contributed by atoms with Crippen LogP contribution in [-0.4, -0.2) is 45.7 Å². The van der Waals surface area contributed by atoms with Crippen molar-refractivity contribution in [3.63, 3.8) is 0 Å². The van der Waals surface area contributed by atoms with Crippen LogP contribution in [0, 0.1) is 6.92 Å². The summed E-state index contributed by atoms with van der Waals surface area (Å²) in [6.45, 7) is 5.63. The molecule has 2 aliphatic rings. The number of nitrogens with zero attached hydrogens (tertiary/aromatic N) is 2. The lowest BCUT2D eigenvalue weighted by Crippen LogP contribution is -2.49. The van der Waals surface area contributed by atoms with Crippen LogP contribution in [0.5, 0.6) is 0 Å². The van der Waals surface area contributed by atoms with E-state index in [0.29, 0.717) is 18.7 Å². The van der Waals surface area contributed by atoms with E-state index in [1.54, 1.807) is 11.8 Å². The Kier molecular flexibility index (Phi) is 4.45. The van der Waals surface area contributed by atoms with Crippen LogP contribution in [0.2, 0.25) is 0 Å². The number of nitrogens with one attached hydrogen (secondary N) is 1. The van der Waals surface area contributed by atoms with E-state index >= 15 is 0 Å². The molecule has 3 rings (SSSR count). The number of carbonyl (C=O) groups excluding carboxylic acids is 1. The molecule has 130 valence electrons. The van der Waals surface area contributed by atoms with Gasteiger partial charge >= 0.3 is 5.69 Å². The van der Waals surface area contributed by atoms with Gasteiger partial charge in [-0.25, -0.2) is 4.79 Å². The number of hydrogen-bond donors (Lipinski definition) is 1. The number of carbonyl (C=O) groups is 1. The first-order chi connectivity index (χ1) is 11.4. The fourth-order valence-corrected chi connectivity index (χ4v) is 3.38. The molecule has 1 saturated heterocycles. The molecular formula is C17H23N3O4. The molecule has 1 fully saturated rings. The zero-order valence-electron chi connectivity index (χ0n) is 14.1. The van der Waals surface area contributed by atoms with Crippen molar-refractivity contribution < 1.29 is 9.53 Å². The molecule has 1 aromatic heterocycles. The van der Waals surface area contributed by atoms with Crippen molar-refractivity contribution in [3.8, 4) is 0 Å². The van der Waals surface area contributed by atoms with Crippen molar-refractivity contribution in [1.82, 2.24) is 14.5 Å². The summed E-state index contributed by atoms with van der Waals surface area (Å²) in [5.74, 6) is -0.116. The minimum Gasteiger partial charge on any atom is -0.370 e. The molecule has 1 spiro atoms. The van der Waals surface area contributed by atoms with Gasteiger partial charge in [0.1, 0.15) is 6.54 Å². The summed E-state index contributed by atoms with van der Waals surface area (Å²) >= 11 is 0. The Bertz CT molecular complexity index is 782. The fourth-order valence-electron chi connectivity index (χ4n) is 3.38. The van der Waals surface area contributed by atoms with E-state index in [4.69, 9.17) is 4.74 Å². The minimum absolute atomic E-state index is 0.0564. The second-order valence-electron chi connectivity index (χ2n) is 6.73. The largest absolute Gasteiger partial charge is 0.370 e. The van der Waals surface area contributed by atoms with Gasteiger partial charge in [0.05, 0.1) is 12.2 Å². The third-order valence-electron chi connectivity index (χ3n) is 4.85. The van der Waals surface area contributed by atoms with Crippen LogP contribution in [0.1, 0.15) is 31.7 Å². The standard InChI is InChI=1S/C17H23N3O4/c1-12-3-8-24-17(9-12)4-6-19(7-5-17)14(21)11-20-10-13(2)15(22)18-16(20)23/h9-10H,3-8,11H2,1-2H3,(H,18,22,23). The number of aromatic nitrogens is 2. The summed E-state index contributed by atoms with van der Waals surface area (Å²) in [5, 5.41) is 0. The zero-order valence-corrected chi connectivity index (χ0v) is 14.1. The summed E-state index contributed by atoms with van der Waals surface area (Å²) in [7, 11) is 0. The van der Waals surface area contributed by atoms with Crippen LogP contribution in [0.15, 0.2) is 27.4 Å². The molecule has 1 amide bonds. The predicted octanol–water partition coefficient (Wildman–Crippen LogP) is 0.573. The van der Waals surface area contributed by atoms with E-state index in [9.17, 15) is 14.4 Å². The maximum absolute atomic E-state index is 12.5. The van der Waals surface area contributed by atoms with Gasteiger partial charge < -0.3 is 9.64 Å². The second-order valence-corrected chi connectivity index (χ2v) is 6.73. The monoisotopic (exact) mass is 333 g/mol. The van der Waals surface area contributed by atoms with E-state index < -0.39 is 11.2 Å². The maximum Gasteiger partial charge on any atom is 0.328 e. The van der Waals surface area contributed by atoms with Crippen molar-refractivity contribution in [3.05, 3.63) is 44.2 Å². The molecule has 1 N–H and O–H groups in total. The molecule has 0 aromatic carbocycles. The van der Waals surface area contributed by atoms with Gasteiger partial charge in [-0.15, -0.1) is 0 Å². The Labute approximate surface area is 139 Å². The number of rotatable bonds is 2. The quantitative estimate of drug-likeness (QED) is 0.802. The number of aromatic amines is 1. The van der Waals surface area contributed by atoms with Crippen molar-refractivity contribution >= 4 is 5.91 Å². The molecule has 0 unspecified atom stereocenters. The summed E-state index contributed by atoms with van der Waals surface area (Å²) in [5.41, 5.74) is 0.555. The average molecular weight is 333 g/mol. The Balaban J connectivity index is 1.66. The highest BCUT2D eigenvalue weighted by atomic mass is 16.5. The van der Waals surface area contributed by atoms with Gasteiger partial charge in [0.15, 0.2) is 0 Å². The van der Waals surface area contributed by atoms with Gasteiger partial charge in [-0.1, -0.05) is 11.6 Å². The number of piperidine rings is 1. The lowest BCUT2D eigenvalue weighted by molar-refractivity contribution is -0.137. The first-order valence-electron chi connectivity index (χ1n) is 8.29. The minimum atomic E-state index is -0.554. The number of H-pyrrole nitrogens is 1. The molecule has 2 aliphatic heterocycles. The lowest BCUT2D eigenvalue weighted by Gasteiger charge is -2.42. The van der Waals surface area contributed by atoms with Crippen molar-refractivity contribution in [2.45, 2.75) is 45.3 Å². The molecule has 7 nitrogen and oxygen atoms in total. The molecule has 0 radical (unpaired) electrons. The number of hydrogen-bond acceptors (Lipinski definition) is 4. The van der Waals surface area contributed by atoms with Crippen molar-refractivity contribution in [2.24, 2.45) is 0 Å². The molecule has 7 heteroatoms. The van der Waals surface area contributed by atoms with Crippen molar-refractivity contribution in [1.29, 1.82) is 0 Å². The van der Waals surface area contributed by atoms with Crippen LogP contribution in [0.4, 0.5) is 0 Å². The third-order valence-corrected chi connectivity index (χ3v) is 4.85. The average Bonchev–Trinajstić information content (AvgIpc) is 2.53. The zero-order chi connectivity index (χ0) is 17.3. The van der Waals surface area contributed by atoms with Crippen LogP contribution in [0.25, 0.3) is 0 Å². The second kappa shape index (κ2) is 6.39. The smallest absolute Gasteiger partial charge is 0.328 e. The van der Waals surface area contributed by atoms with Crippen LogP contribution in [0.3, 0.4) is 0 Å². The number of ether oxygens (including phenoxy) is 1. The summed E-state index contributed by atoms with van der Waals surface area (Å²) < 4.78 is 7.22. The highest BCUT2D eigenvalue weighted by Gasteiger charge is 2.36. The van der Waals surface area contributed by atoms with E-state index in [-0.39, 0.29) is 18.1 Å². The van der Waals surface area contributed by atoms with Gasteiger partial charge in [-0.05, 0) is 33.1 Å². The molecule has 0 aliphatic carbocycles. The number of likely N-dealkylation sites (tertiary alicyclic amines) is 1. The van der Waals surface area contributed by atoms with Gasteiger partial charge in [0, 0.05) is 24.8 Å². The maximum atomic E-state index is 12.5. The summed E-state index contributed by atoms with van der Waals surface area (Å²) in [4.78, 5) is 39.6. The molecular weight excluding hydrogens is 310 g/mol. The van der Waals surface area contributed by atoms with Gasteiger partial charge in [0.2, 0.25) is 5.91 Å². The first-order valence-corrected chi connectivity index (χ1v) is 8.29. The molecule has 1 aromatic rings. The highest BCUT2D eigenvalue weighted by molar-refractivity contribution is 5.76. The van der Waals surface area contributed by atoms with Gasteiger partial charge in [0.25, 0.3) is 5.56 Å². The molecule has 24 heavy (non-hydrogen) atoms. The lowest BCUT2D eigenvalue weighted by atomic mass is 9.87. The topological polar surface area (TPSA) is 84.4 Å². The molecule has 0 saturated carbocycles. The summed E-state index contributed by atoms with van der Waals surface area (Å²) in [6.07, 6.45) is 6.15. The molecule has 0 bridgehead atoms. The molecule has 3 heterocycles. The van der Waals surface area contributed by atoms with Gasteiger partial charge in [-0.2, -0.15) is 0 Å². The number of amides is 1. The molecule has 0 atom stereocenters. The highest BCUT2D eigenvalue weighted by Crippen LogP contribution is 2.32. The van der Waals surface area contributed by atoms with E-state index in [2.05, 4.69) is 18.0 Å². The van der Waals surface area contributed by atoms with Crippen LogP contribution < -0.4 is 11.2 Å². The SMILES string of the molecule is CC1=CC2(CCN(C(=O)Cn3cc(C)c(=O)[nH]c3=O)CC2)OCC1. The van der Waals surface area contributed by atoms with E-state index in [1.807, 2.05) is 0 Å². The van der Waals surface area contributed by atoms with Gasteiger partial charge in [-0.3, -0.25) is 19.1 Å². The van der Waals surface area contributed by atoms with Crippen molar-refractivity contribution in [2.75, 3.05) is 19.7 Å². The van der Waals surface area contributed by atoms with Crippen LogP contribution >= 0.6 is 0 Å².